The Bertz CT molecular complexity index is 1830. The van der Waals surface area contributed by atoms with Gasteiger partial charge in [0.05, 0.1) is 40.0 Å². The Morgan fingerprint density at radius 1 is 1.16 bits per heavy atom. The van der Waals surface area contributed by atoms with Crippen molar-refractivity contribution < 1.29 is 45.7 Å². The summed E-state index contributed by atoms with van der Waals surface area (Å²) in [6.07, 6.45) is -1.27. The Morgan fingerprint density at radius 2 is 1.90 bits per heavy atom. The number of thiazole rings is 1. The summed E-state index contributed by atoms with van der Waals surface area (Å²) >= 11 is 1.35. The van der Waals surface area contributed by atoms with Gasteiger partial charge in [0.1, 0.15) is 6.10 Å². The number of aromatic nitrogens is 1. The van der Waals surface area contributed by atoms with E-state index in [1.165, 1.54) is 17.4 Å². The van der Waals surface area contributed by atoms with Gasteiger partial charge in [0, 0.05) is 37.4 Å². The molecule has 1 amide bonds. The van der Waals surface area contributed by atoms with Gasteiger partial charge in [-0.3, -0.25) is 0 Å². The van der Waals surface area contributed by atoms with Crippen LogP contribution in [0.4, 0.5) is 23.1 Å². The van der Waals surface area contributed by atoms with Crippen molar-refractivity contribution in [3.63, 3.8) is 0 Å². The summed E-state index contributed by atoms with van der Waals surface area (Å²) in [5.74, 6) is -4.46. The Kier molecular flexibility index (Phi) is 9.80. The number of ether oxygens (including phenoxy) is 3. The van der Waals surface area contributed by atoms with E-state index in [0.29, 0.717) is 34.4 Å². The summed E-state index contributed by atoms with van der Waals surface area (Å²) in [4.78, 5) is 18.0. The first kappa shape index (κ1) is 35.4. The summed E-state index contributed by atoms with van der Waals surface area (Å²) < 4.78 is 89.9. The van der Waals surface area contributed by atoms with Crippen molar-refractivity contribution >= 4 is 42.8 Å². The van der Waals surface area contributed by atoms with Crippen LogP contribution in [-0.4, -0.2) is 85.3 Å². The predicted molar refractivity (Wildman–Crippen MR) is 178 cm³/mol. The zero-order valence-corrected chi connectivity index (χ0v) is 29.5. The number of nitrogens with zero attached hydrogens (tertiary/aromatic N) is 2. The standard InChI is InChI=1S/C34H41F3N4O7S2/c1-16(2)13-41(50(44,45)20-6-7-24-29(11-20)49-33(39-24)38-19-4-5-19)14-26(42)25(10-18-8-22(35)31(37)23(36)9-18)40-34(43)48-28-12-27-17(3)30-21(28)15-46-32(30)47-27/h6-9,11,16-17,19,21,25-28,30,32,42H,4-5,10,12-15H2,1-3H3,(H,38,39)(H,40,43)/t17?,21?,25-,26+,27?,28?,30?,32?/m0/s1. The topological polar surface area (TPSA) is 139 Å². The van der Waals surface area contributed by atoms with Crippen molar-refractivity contribution in [1.29, 1.82) is 0 Å². The van der Waals surface area contributed by atoms with Crippen LogP contribution >= 0.6 is 11.3 Å². The number of carbonyl (C=O) groups is 1. The van der Waals surface area contributed by atoms with Gasteiger partial charge in [-0.05, 0) is 67.0 Å². The Morgan fingerprint density at radius 3 is 2.60 bits per heavy atom. The van der Waals surface area contributed by atoms with Crippen molar-refractivity contribution in [1.82, 2.24) is 14.6 Å². The Labute approximate surface area is 292 Å². The number of fused-ring (bicyclic) bond motifs is 2. The van der Waals surface area contributed by atoms with E-state index >= 15 is 0 Å². The highest BCUT2D eigenvalue weighted by molar-refractivity contribution is 7.89. The molecule has 6 unspecified atom stereocenters. The van der Waals surface area contributed by atoms with Crippen LogP contribution in [0.25, 0.3) is 10.2 Å². The highest BCUT2D eigenvalue weighted by atomic mass is 32.2. The lowest BCUT2D eigenvalue weighted by Crippen LogP contribution is -2.52. The highest BCUT2D eigenvalue weighted by Gasteiger charge is 2.58. The average Bonchev–Trinajstić information content (AvgIpc) is 3.52. The fraction of sp³-hybridized carbons (Fsp3) is 0.588. The molecule has 8 atom stereocenters. The molecule has 3 aromatic rings. The Hall–Kier alpha value is -3.02. The molecule has 2 saturated carbocycles. The average molecular weight is 739 g/mol. The fourth-order valence-corrected chi connectivity index (χ4v) is 10.1. The summed E-state index contributed by atoms with van der Waals surface area (Å²) in [5, 5.41) is 18.3. The number of hydrogen-bond donors (Lipinski definition) is 3. The van der Waals surface area contributed by atoms with Gasteiger partial charge in [-0.1, -0.05) is 32.1 Å². The van der Waals surface area contributed by atoms with E-state index in [2.05, 4.69) is 22.5 Å². The molecule has 2 aliphatic heterocycles. The molecule has 3 N–H and O–H groups in total. The third kappa shape index (κ3) is 7.19. The van der Waals surface area contributed by atoms with Crippen molar-refractivity contribution in [2.24, 2.45) is 23.7 Å². The fourth-order valence-electron chi connectivity index (χ4n) is 7.38. The van der Waals surface area contributed by atoms with Crippen molar-refractivity contribution in [2.75, 3.05) is 25.0 Å². The second-order valence-corrected chi connectivity index (χ2v) is 17.3. The van der Waals surface area contributed by atoms with Crippen LogP contribution in [0.15, 0.2) is 35.2 Å². The molecule has 272 valence electrons. The molecule has 11 nitrogen and oxygen atoms in total. The van der Waals surface area contributed by atoms with E-state index in [1.54, 1.807) is 12.1 Å². The number of nitrogens with one attached hydrogen (secondary N) is 2. The Balaban J connectivity index is 1.12. The van der Waals surface area contributed by atoms with E-state index in [9.17, 15) is 31.5 Å². The molecule has 7 rings (SSSR count). The first-order valence-electron chi connectivity index (χ1n) is 17.0. The number of amides is 1. The van der Waals surface area contributed by atoms with Gasteiger partial charge in [-0.15, -0.1) is 0 Å². The normalized spacial score (nSPS) is 27.2. The maximum atomic E-state index is 14.2. The molecule has 2 saturated heterocycles. The van der Waals surface area contributed by atoms with Gasteiger partial charge in [-0.2, -0.15) is 4.31 Å². The lowest BCUT2D eigenvalue weighted by molar-refractivity contribution is -0.133. The minimum atomic E-state index is -4.19. The maximum absolute atomic E-state index is 14.2. The van der Waals surface area contributed by atoms with Crippen molar-refractivity contribution in [2.45, 2.75) is 88.0 Å². The van der Waals surface area contributed by atoms with E-state index in [4.69, 9.17) is 14.2 Å². The zero-order valence-electron chi connectivity index (χ0n) is 27.9. The number of aliphatic hydroxyl groups is 1. The molecule has 4 aliphatic rings. The lowest BCUT2D eigenvalue weighted by atomic mass is 9.73. The summed E-state index contributed by atoms with van der Waals surface area (Å²) in [6, 6.07) is 5.31. The SMILES string of the molecule is CC(C)CN(C[C@@H](O)[C@H](Cc1cc(F)c(F)c(F)c1)NC(=O)OC1CC2OC3OCC1C3C2C)S(=O)(=O)c1ccc2nc(NC3CC3)sc2c1. The van der Waals surface area contributed by atoms with Crippen LogP contribution in [0.1, 0.15) is 45.6 Å². The van der Waals surface area contributed by atoms with Crippen molar-refractivity contribution in [3.05, 3.63) is 53.3 Å². The second kappa shape index (κ2) is 13.8. The first-order chi connectivity index (χ1) is 23.8. The molecule has 2 aliphatic carbocycles. The number of hydrogen-bond acceptors (Lipinski definition) is 10. The van der Waals surface area contributed by atoms with E-state index < -0.39 is 58.4 Å². The molecular formula is C34H41F3N4O7S2. The number of sulfonamides is 1. The number of anilines is 1. The monoisotopic (exact) mass is 738 g/mol. The third-order valence-electron chi connectivity index (χ3n) is 10.1. The summed E-state index contributed by atoms with van der Waals surface area (Å²) in [5.41, 5.74) is 0.598. The third-order valence-corrected chi connectivity index (χ3v) is 12.9. The number of rotatable bonds is 13. The second-order valence-electron chi connectivity index (χ2n) is 14.3. The largest absolute Gasteiger partial charge is 0.446 e. The van der Waals surface area contributed by atoms with Crippen LogP contribution in [0.2, 0.25) is 0 Å². The number of halogens is 3. The van der Waals surface area contributed by atoms with Gasteiger partial charge in [-0.25, -0.2) is 31.4 Å². The molecule has 2 aromatic carbocycles. The summed E-state index contributed by atoms with van der Waals surface area (Å²) in [7, 11) is -4.19. The summed E-state index contributed by atoms with van der Waals surface area (Å²) in [6.45, 7) is 5.65. The van der Waals surface area contributed by atoms with Gasteiger partial charge in [0.25, 0.3) is 0 Å². The molecule has 3 heterocycles. The van der Waals surface area contributed by atoms with Gasteiger partial charge in [0.2, 0.25) is 10.0 Å². The van der Waals surface area contributed by atoms with Crippen molar-refractivity contribution in [3.8, 4) is 0 Å². The molecule has 2 bridgehead atoms. The van der Waals surface area contributed by atoms with E-state index in [1.807, 2.05) is 13.8 Å². The quantitative estimate of drug-likeness (QED) is 0.206. The first-order valence-corrected chi connectivity index (χ1v) is 19.3. The van der Waals surface area contributed by atoms with Crippen LogP contribution in [0.3, 0.4) is 0 Å². The minimum absolute atomic E-state index is 0.00605. The lowest BCUT2D eigenvalue weighted by Gasteiger charge is -2.36. The van der Waals surface area contributed by atoms with Crippen LogP contribution in [0.5, 0.6) is 0 Å². The molecule has 0 spiro atoms. The van der Waals surface area contributed by atoms with E-state index in [0.717, 1.165) is 29.3 Å². The molecule has 1 aromatic heterocycles. The molecular weight excluding hydrogens is 698 g/mol. The minimum Gasteiger partial charge on any atom is -0.446 e. The number of benzene rings is 2. The van der Waals surface area contributed by atoms with Gasteiger partial charge >= 0.3 is 6.09 Å². The van der Waals surface area contributed by atoms with E-state index in [-0.39, 0.29) is 59.5 Å². The van der Waals surface area contributed by atoms with Crippen LogP contribution in [-0.2, 0) is 30.7 Å². The predicted octanol–water partition coefficient (Wildman–Crippen LogP) is 5.03. The zero-order chi connectivity index (χ0) is 35.5. The maximum Gasteiger partial charge on any atom is 0.407 e. The number of carbonyl (C=O) groups excluding carboxylic acids is 1. The molecule has 0 radical (unpaired) electrons. The molecule has 4 fully saturated rings. The van der Waals surface area contributed by atoms with Gasteiger partial charge < -0.3 is 30.0 Å². The number of aliphatic hydroxyl groups excluding tert-OH is 1. The smallest absolute Gasteiger partial charge is 0.407 e. The molecule has 50 heavy (non-hydrogen) atoms. The number of alkyl carbamates (subject to hydrolysis) is 1. The van der Waals surface area contributed by atoms with Gasteiger partial charge in [0.15, 0.2) is 28.9 Å². The highest BCUT2D eigenvalue weighted by Crippen LogP contribution is 2.51. The molecule has 16 heteroatoms. The van der Waals surface area contributed by atoms with Crippen LogP contribution in [0, 0.1) is 41.1 Å². The van der Waals surface area contributed by atoms with Crippen LogP contribution < -0.4 is 10.6 Å².